The highest BCUT2D eigenvalue weighted by Crippen LogP contribution is 2.25. The van der Waals surface area contributed by atoms with Crippen LogP contribution in [-0.4, -0.2) is 44.8 Å². The molecule has 0 aliphatic carbocycles. The first-order valence-corrected chi connectivity index (χ1v) is 8.80. The smallest absolute Gasteiger partial charge is 0.274 e. The molecular formula is C19H22N6O. The molecule has 0 bridgehead atoms. The number of nitrogens with zero attached hydrogens (tertiary/aromatic N) is 3. The lowest BCUT2D eigenvalue weighted by Gasteiger charge is -2.24. The van der Waals surface area contributed by atoms with Crippen LogP contribution in [0.4, 0.5) is 0 Å². The van der Waals surface area contributed by atoms with Gasteiger partial charge in [-0.2, -0.15) is 10.2 Å². The maximum atomic E-state index is 13.0. The lowest BCUT2D eigenvalue weighted by Crippen LogP contribution is -2.32. The highest BCUT2D eigenvalue weighted by molar-refractivity contribution is 5.94. The first-order valence-electron chi connectivity index (χ1n) is 8.80. The first kappa shape index (κ1) is 16.5. The van der Waals surface area contributed by atoms with Crippen molar-refractivity contribution in [3.05, 3.63) is 59.0 Å². The quantitative estimate of drug-likeness (QED) is 0.673. The van der Waals surface area contributed by atoms with E-state index in [1.165, 1.54) is 0 Å². The Bertz CT molecular complexity index is 913. The highest BCUT2D eigenvalue weighted by Gasteiger charge is 2.27. The van der Waals surface area contributed by atoms with E-state index in [2.05, 4.69) is 25.7 Å². The van der Waals surface area contributed by atoms with Gasteiger partial charge in [0.2, 0.25) is 0 Å². The fourth-order valence-electron chi connectivity index (χ4n) is 3.28. The molecule has 3 heterocycles. The average molecular weight is 350 g/mol. The van der Waals surface area contributed by atoms with Crippen LogP contribution in [0, 0.1) is 0 Å². The molecule has 0 radical (unpaired) electrons. The topological polar surface area (TPSA) is 89.7 Å². The van der Waals surface area contributed by atoms with E-state index in [1.807, 2.05) is 43.3 Å². The molecule has 26 heavy (non-hydrogen) atoms. The van der Waals surface area contributed by atoms with Crippen LogP contribution in [0.5, 0.6) is 0 Å². The predicted octanol–water partition coefficient (Wildman–Crippen LogP) is 2.28. The van der Waals surface area contributed by atoms with Crippen LogP contribution in [0.1, 0.15) is 40.4 Å². The summed E-state index contributed by atoms with van der Waals surface area (Å²) < 4.78 is 0. The molecule has 1 aliphatic heterocycles. The summed E-state index contributed by atoms with van der Waals surface area (Å²) in [5.41, 5.74) is 5.38. The average Bonchev–Trinajstić information content (AvgIpc) is 3.34. The number of fused-ring (bicyclic) bond motifs is 1. The molecule has 2 aromatic heterocycles. The van der Waals surface area contributed by atoms with Gasteiger partial charge in [0.1, 0.15) is 0 Å². The summed E-state index contributed by atoms with van der Waals surface area (Å²) in [4.78, 5) is 14.7. The van der Waals surface area contributed by atoms with Crippen LogP contribution in [0.2, 0.25) is 0 Å². The van der Waals surface area contributed by atoms with Gasteiger partial charge in [-0.3, -0.25) is 15.0 Å². The predicted molar refractivity (Wildman–Crippen MR) is 98.5 cm³/mol. The van der Waals surface area contributed by atoms with Gasteiger partial charge in [0.05, 0.1) is 23.1 Å². The number of H-pyrrole nitrogens is 2. The molecule has 1 aliphatic rings. The Hall–Kier alpha value is -2.93. The number of rotatable bonds is 4. The van der Waals surface area contributed by atoms with Gasteiger partial charge in [0, 0.05) is 24.7 Å². The Balaban J connectivity index is 1.55. The second-order valence-corrected chi connectivity index (χ2v) is 6.62. The van der Waals surface area contributed by atoms with Crippen LogP contribution in [0.15, 0.2) is 36.4 Å². The zero-order valence-electron chi connectivity index (χ0n) is 14.9. The van der Waals surface area contributed by atoms with Gasteiger partial charge in [-0.05, 0) is 26.0 Å². The van der Waals surface area contributed by atoms with Crippen molar-refractivity contribution in [3.8, 4) is 11.3 Å². The number of aromatic amines is 2. The van der Waals surface area contributed by atoms with Gasteiger partial charge < -0.3 is 10.2 Å². The van der Waals surface area contributed by atoms with E-state index in [4.69, 9.17) is 0 Å². The van der Waals surface area contributed by atoms with Crippen molar-refractivity contribution in [2.75, 3.05) is 13.6 Å². The molecule has 7 heteroatoms. The highest BCUT2D eigenvalue weighted by atomic mass is 16.2. The van der Waals surface area contributed by atoms with E-state index in [1.54, 1.807) is 11.9 Å². The number of hydrogen-bond donors (Lipinski definition) is 3. The fourth-order valence-corrected chi connectivity index (χ4v) is 3.28. The first-order chi connectivity index (χ1) is 12.6. The zero-order valence-corrected chi connectivity index (χ0v) is 14.9. The zero-order chi connectivity index (χ0) is 18.1. The van der Waals surface area contributed by atoms with Crippen LogP contribution >= 0.6 is 0 Å². The summed E-state index contributed by atoms with van der Waals surface area (Å²) in [6.45, 7) is 3.59. The largest absolute Gasteiger partial charge is 0.332 e. The molecule has 1 atom stereocenters. The summed E-state index contributed by atoms with van der Waals surface area (Å²) in [5, 5.41) is 18.0. The lowest BCUT2D eigenvalue weighted by atomic mass is 10.0. The van der Waals surface area contributed by atoms with Crippen LogP contribution < -0.4 is 5.32 Å². The van der Waals surface area contributed by atoms with Gasteiger partial charge >= 0.3 is 0 Å². The van der Waals surface area contributed by atoms with Crippen LogP contribution in [0.25, 0.3) is 11.3 Å². The number of carbonyl (C=O) groups excluding carboxylic acids is 1. The number of amides is 1. The molecular weight excluding hydrogens is 328 g/mol. The van der Waals surface area contributed by atoms with Crippen LogP contribution in [-0.2, 0) is 13.0 Å². The van der Waals surface area contributed by atoms with Gasteiger partial charge in [0.25, 0.3) is 5.91 Å². The molecule has 3 N–H and O–H groups in total. The molecule has 0 spiro atoms. The van der Waals surface area contributed by atoms with Crippen molar-refractivity contribution in [2.45, 2.75) is 25.9 Å². The summed E-state index contributed by atoms with van der Waals surface area (Å²) in [6.07, 6.45) is 0.817. The van der Waals surface area contributed by atoms with Crippen molar-refractivity contribution < 1.29 is 4.79 Å². The number of hydrogen-bond acceptors (Lipinski definition) is 4. The second-order valence-electron chi connectivity index (χ2n) is 6.62. The summed E-state index contributed by atoms with van der Waals surface area (Å²) in [5.74, 6) is -0.0761. The van der Waals surface area contributed by atoms with Crippen molar-refractivity contribution >= 4 is 5.91 Å². The van der Waals surface area contributed by atoms with Gasteiger partial charge in [0.15, 0.2) is 5.69 Å². The Labute approximate surface area is 151 Å². The number of carbonyl (C=O) groups is 1. The Kier molecular flexibility index (Phi) is 4.30. The third-order valence-corrected chi connectivity index (χ3v) is 5.03. The Morgan fingerprint density at radius 3 is 2.81 bits per heavy atom. The van der Waals surface area contributed by atoms with Crippen molar-refractivity contribution in [1.82, 2.24) is 30.6 Å². The summed E-state index contributed by atoms with van der Waals surface area (Å²) >= 11 is 0. The maximum absolute atomic E-state index is 13.0. The molecule has 0 saturated carbocycles. The Morgan fingerprint density at radius 2 is 2.00 bits per heavy atom. The SMILES string of the molecule is CC(c1cc(-c2ccccc2)n[nH]1)N(C)C(=O)c1n[nH]c2c1CCNC2. The normalized spacial score (nSPS) is 14.7. The monoisotopic (exact) mass is 350 g/mol. The minimum absolute atomic E-state index is 0.0761. The molecule has 3 aromatic rings. The van der Waals surface area contributed by atoms with E-state index in [0.29, 0.717) is 5.69 Å². The number of aromatic nitrogens is 4. The minimum atomic E-state index is -0.137. The Morgan fingerprint density at radius 1 is 1.19 bits per heavy atom. The molecule has 1 amide bonds. The molecule has 1 unspecified atom stereocenters. The molecule has 0 saturated heterocycles. The van der Waals surface area contributed by atoms with E-state index >= 15 is 0 Å². The second kappa shape index (κ2) is 6.76. The fraction of sp³-hybridized carbons (Fsp3) is 0.316. The van der Waals surface area contributed by atoms with Crippen molar-refractivity contribution in [2.24, 2.45) is 0 Å². The van der Waals surface area contributed by atoms with Crippen molar-refractivity contribution in [1.29, 1.82) is 0 Å². The third kappa shape index (κ3) is 2.90. The van der Waals surface area contributed by atoms with E-state index in [9.17, 15) is 4.79 Å². The van der Waals surface area contributed by atoms with Gasteiger partial charge in [-0.1, -0.05) is 30.3 Å². The molecule has 7 nitrogen and oxygen atoms in total. The number of nitrogens with one attached hydrogen (secondary N) is 3. The molecule has 4 rings (SSSR count). The molecule has 0 fully saturated rings. The molecule has 1 aromatic carbocycles. The lowest BCUT2D eigenvalue weighted by molar-refractivity contribution is 0.0732. The van der Waals surface area contributed by atoms with E-state index in [-0.39, 0.29) is 11.9 Å². The van der Waals surface area contributed by atoms with E-state index in [0.717, 1.165) is 47.7 Å². The van der Waals surface area contributed by atoms with Crippen molar-refractivity contribution in [3.63, 3.8) is 0 Å². The summed E-state index contributed by atoms with van der Waals surface area (Å²) in [7, 11) is 1.80. The molecule has 134 valence electrons. The summed E-state index contributed by atoms with van der Waals surface area (Å²) in [6, 6.07) is 11.8. The van der Waals surface area contributed by atoms with Gasteiger partial charge in [-0.15, -0.1) is 0 Å². The minimum Gasteiger partial charge on any atom is -0.332 e. The standard InChI is InChI=1S/C19H22N6O/c1-12(15-10-16(22-21-15)13-6-4-3-5-7-13)25(2)19(26)18-14-8-9-20-11-17(14)23-24-18/h3-7,10,12,20H,8-9,11H2,1-2H3,(H,21,22)(H,23,24). The maximum Gasteiger partial charge on any atom is 0.274 e. The van der Waals surface area contributed by atoms with Gasteiger partial charge in [-0.25, -0.2) is 0 Å². The van der Waals surface area contributed by atoms with E-state index < -0.39 is 0 Å². The third-order valence-electron chi connectivity index (χ3n) is 5.03. The number of benzene rings is 1. The van der Waals surface area contributed by atoms with Crippen LogP contribution in [0.3, 0.4) is 0 Å².